The number of aliphatic hydroxyl groups excluding tert-OH is 4. The van der Waals surface area contributed by atoms with E-state index in [0.29, 0.717) is 78.7 Å². The minimum absolute atomic E-state index is 0.0347. The van der Waals surface area contributed by atoms with Crippen LogP contribution in [0.2, 0.25) is 0 Å². The summed E-state index contributed by atoms with van der Waals surface area (Å²) in [6.45, 7) is 6.11. The van der Waals surface area contributed by atoms with Crippen molar-refractivity contribution >= 4 is 42.0 Å². The Balaban J connectivity index is 1.96. The molecule has 79 heavy (non-hydrogen) atoms. The number of nitrogens with one attached hydrogen (secondary N) is 1. The molecule has 450 valence electrons. The molecule has 0 aliphatic carbocycles. The fourth-order valence-electron chi connectivity index (χ4n) is 7.66. The number of likely N-dealkylation sites (N-methyl/N-ethyl adjacent to an activating group) is 1. The number of aliphatic carboxylic acids is 2. The first-order valence-electron chi connectivity index (χ1n) is 25.4. The number of terminal acetylenes is 1. The monoisotopic (exact) mass is 1130 g/mol. The second-order valence-electron chi connectivity index (χ2n) is 17.9. The average molecular weight is 1140 g/mol. The maximum Gasteiger partial charge on any atom is 0.410 e. The normalized spacial score (nSPS) is 20.3. The van der Waals surface area contributed by atoms with Crippen molar-refractivity contribution in [2.24, 2.45) is 38.8 Å². The highest BCUT2D eigenvalue weighted by Gasteiger charge is 2.47. The number of aliphatic imine (C=N–C) groups is 2. The van der Waals surface area contributed by atoms with Crippen molar-refractivity contribution < 1.29 is 102 Å². The maximum absolute atomic E-state index is 13.4. The summed E-state index contributed by atoms with van der Waals surface area (Å²) in [5, 5.41) is 63.0. The summed E-state index contributed by atoms with van der Waals surface area (Å²) in [6.07, 6.45) is -2.98. The smallest absolute Gasteiger partial charge is 0.410 e. The predicted molar refractivity (Wildman–Crippen MR) is 279 cm³/mol. The van der Waals surface area contributed by atoms with Crippen LogP contribution in [0.3, 0.4) is 0 Å². The number of guanidine groups is 2. The standard InChI is InChI=1S/C48H82N10O21/c1-6-14-70-18-22-74-24-25-75-23-21-73-17-13-58(10-8-7-9-56(4)47(68)79-41(35(63)29-60)42-38(53-31(3)61)33(55-46(51)52)27-37(77-42)44(66)67)12-16-72-20-19-71-15-11-57(5)48(69)78-40(34(62)28-59)39-30(2)32(54-45(49)50)26-36(76-39)43(64)65/h1,26-27,30,32-35,38-42,59-60,62-63H,7-25,28-29H2,2-5H3,(H,53,61)(H,64,65)(H,66,67)(H4,49,50,54)(H4,51,52,55)/t30-,32+,33+,34-,35-,38-,39-,40-,41-,42-/m1/s1. The topological polar surface area (TPSA) is 450 Å². The molecular weight excluding hydrogens is 1050 g/mol. The lowest BCUT2D eigenvalue weighted by atomic mass is 9.87. The zero-order valence-electron chi connectivity index (χ0n) is 45.2. The Kier molecular flexibility index (Phi) is 33.4. The van der Waals surface area contributed by atoms with Gasteiger partial charge in [0, 0.05) is 53.1 Å². The minimum atomic E-state index is -1.79. The van der Waals surface area contributed by atoms with E-state index >= 15 is 0 Å². The van der Waals surface area contributed by atoms with Crippen LogP contribution in [0.15, 0.2) is 33.7 Å². The van der Waals surface area contributed by atoms with Crippen molar-refractivity contribution in [3.63, 3.8) is 0 Å². The van der Waals surface area contributed by atoms with Gasteiger partial charge < -0.3 is 116 Å². The molecule has 2 rings (SSSR count). The average Bonchev–Trinajstić information content (AvgIpc) is 3.41. The van der Waals surface area contributed by atoms with Crippen LogP contribution in [0.5, 0.6) is 0 Å². The summed E-state index contributed by atoms with van der Waals surface area (Å²) < 4.78 is 55.8. The Morgan fingerprint density at radius 1 is 0.646 bits per heavy atom. The highest BCUT2D eigenvalue weighted by atomic mass is 16.6. The molecule has 0 saturated carbocycles. The SMILES string of the molecule is C#CCOCCOCCOCCOCCN(CCCCN(C)C(=O)O[C@@H]([C@@H]1OC(C(=O)O)=C[C@H](N=C(N)N)[C@H]1NC(C)=O)[C@H](O)CO)CCOCCOCCN(C)C(=O)O[C@@H]([C@@H]1OC(C(=O)O)=C[C@H](N=C(N)N)[C@H]1C)[C@H](O)CO. The van der Waals surface area contributed by atoms with E-state index in [4.69, 9.17) is 76.7 Å². The third kappa shape index (κ3) is 26.5. The molecule has 31 heteroatoms. The highest BCUT2D eigenvalue weighted by Crippen LogP contribution is 2.31. The van der Waals surface area contributed by atoms with E-state index in [0.717, 1.165) is 17.9 Å². The number of nitrogens with two attached hydrogens (primary N) is 4. The van der Waals surface area contributed by atoms with Gasteiger partial charge in [-0.25, -0.2) is 29.2 Å². The number of unbranched alkanes of at least 4 members (excludes halogenated alkanes) is 1. The molecule has 0 fully saturated rings. The Morgan fingerprint density at radius 3 is 1.51 bits per heavy atom. The van der Waals surface area contributed by atoms with Gasteiger partial charge in [0.1, 0.15) is 24.9 Å². The molecule has 3 amide bonds. The number of nitrogens with zero attached hydrogens (tertiary/aromatic N) is 5. The number of carboxylic acid groups (broad SMARTS) is 2. The quantitative estimate of drug-likeness (QED) is 0.0119. The molecule has 0 radical (unpaired) electrons. The molecule has 0 aromatic heterocycles. The molecule has 0 spiro atoms. The molecule has 31 nitrogen and oxygen atoms in total. The van der Waals surface area contributed by atoms with Crippen molar-refractivity contribution in [3.05, 3.63) is 23.7 Å². The molecule has 0 bridgehead atoms. The van der Waals surface area contributed by atoms with Gasteiger partial charge in [-0.1, -0.05) is 12.8 Å². The summed E-state index contributed by atoms with van der Waals surface area (Å²) in [5.41, 5.74) is 22.2. The maximum atomic E-state index is 13.4. The number of aliphatic hydroxyl groups is 4. The third-order valence-corrected chi connectivity index (χ3v) is 11.8. The number of carbonyl (C=O) groups is 5. The molecule has 2 aliphatic heterocycles. The predicted octanol–water partition coefficient (Wildman–Crippen LogP) is -4.46. The van der Waals surface area contributed by atoms with Crippen LogP contribution >= 0.6 is 0 Å². The van der Waals surface area contributed by atoms with Crippen LogP contribution in [-0.4, -0.2) is 281 Å². The Labute approximate surface area is 458 Å². The Morgan fingerprint density at radius 2 is 1.05 bits per heavy atom. The van der Waals surface area contributed by atoms with Crippen molar-refractivity contribution in [3.8, 4) is 12.3 Å². The molecule has 0 saturated heterocycles. The lowest BCUT2D eigenvalue weighted by Gasteiger charge is -2.40. The molecule has 10 atom stereocenters. The first-order valence-corrected chi connectivity index (χ1v) is 25.4. The van der Waals surface area contributed by atoms with Gasteiger partial charge in [-0.05, 0) is 31.5 Å². The number of amides is 3. The molecule has 2 aliphatic rings. The number of hydrogen-bond donors (Lipinski definition) is 11. The second kappa shape index (κ2) is 38.3. The fraction of sp³-hybridized carbons (Fsp3) is 0.729. The summed E-state index contributed by atoms with van der Waals surface area (Å²) >= 11 is 0. The highest BCUT2D eigenvalue weighted by molar-refractivity contribution is 5.86. The van der Waals surface area contributed by atoms with Crippen LogP contribution in [0.1, 0.15) is 26.7 Å². The van der Waals surface area contributed by atoms with Crippen LogP contribution in [0.25, 0.3) is 0 Å². The van der Waals surface area contributed by atoms with E-state index < -0.39 is 121 Å². The zero-order valence-corrected chi connectivity index (χ0v) is 45.2. The summed E-state index contributed by atoms with van der Waals surface area (Å²) in [5.74, 6) is -3.89. The van der Waals surface area contributed by atoms with Gasteiger partial charge in [0.05, 0.1) is 104 Å². The first-order chi connectivity index (χ1) is 37.6. The van der Waals surface area contributed by atoms with Crippen molar-refractivity contribution in [1.29, 1.82) is 0 Å². The van der Waals surface area contributed by atoms with E-state index in [9.17, 15) is 54.6 Å². The van der Waals surface area contributed by atoms with Crippen molar-refractivity contribution in [2.75, 3.05) is 139 Å². The van der Waals surface area contributed by atoms with Gasteiger partial charge in [0.2, 0.25) is 17.4 Å². The Hall–Kier alpha value is -6.31. The lowest BCUT2D eigenvalue weighted by molar-refractivity contribution is -0.148. The minimum Gasteiger partial charge on any atom is -0.479 e. The van der Waals surface area contributed by atoms with E-state index in [2.05, 4.69) is 26.1 Å². The van der Waals surface area contributed by atoms with Crippen LogP contribution in [-0.2, 0) is 61.8 Å². The van der Waals surface area contributed by atoms with Crippen LogP contribution in [0.4, 0.5) is 9.59 Å². The lowest BCUT2D eigenvalue weighted by Crippen LogP contribution is -2.61. The molecule has 0 unspecified atom stereocenters. The molecule has 2 heterocycles. The molecular formula is C48H82N10O21. The number of carboxylic acids is 2. The van der Waals surface area contributed by atoms with Gasteiger partial charge >= 0.3 is 24.1 Å². The molecule has 0 aromatic rings. The summed E-state index contributed by atoms with van der Waals surface area (Å²) in [7, 11) is 2.85. The van der Waals surface area contributed by atoms with Gasteiger partial charge in [-0.3, -0.25) is 9.69 Å². The van der Waals surface area contributed by atoms with Gasteiger partial charge in [-0.15, -0.1) is 6.42 Å². The Bertz CT molecular complexity index is 2020. The van der Waals surface area contributed by atoms with Gasteiger partial charge in [0.25, 0.3) is 0 Å². The number of rotatable bonds is 40. The van der Waals surface area contributed by atoms with Gasteiger partial charge in [-0.2, -0.15) is 0 Å². The second-order valence-corrected chi connectivity index (χ2v) is 17.9. The third-order valence-electron chi connectivity index (χ3n) is 11.8. The zero-order chi connectivity index (χ0) is 58.9. The summed E-state index contributed by atoms with van der Waals surface area (Å²) in [4.78, 5) is 75.1. The number of ether oxygens (including phenoxy) is 10. The van der Waals surface area contributed by atoms with Crippen LogP contribution in [0, 0.1) is 18.3 Å². The largest absolute Gasteiger partial charge is 0.479 e. The molecule has 0 aromatic carbocycles. The van der Waals surface area contributed by atoms with Gasteiger partial charge in [0.15, 0.2) is 30.2 Å². The van der Waals surface area contributed by atoms with E-state index in [1.807, 2.05) is 0 Å². The van der Waals surface area contributed by atoms with Crippen molar-refractivity contribution in [2.45, 2.75) is 81.4 Å². The van der Waals surface area contributed by atoms with E-state index in [-0.39, 0.29) is 52.1 Å². The van der Waals surface area contributed by atoms with Crippen LogP contribution < -0.4 is 28.3 Å². The van der Waals surface area contributed by atoms with E-state index in [1.54, 1.807) is 6.92 Å². The first kappa shape index (κ1) is 68.8. The number of carbonyl (C=O) groups excluding carboxylic acids is 3. The summed E-state index contributed by atoms with van der Waals surface area (Å²) in [6, 6.07) is -3.38. The van der Waals surface area contributed by atoms with Crippen molar-refractivity contribution in [1.82, 2.24) is 20.0 Å². The van der Waals surface area contributed by atoms with E-state index in [1.165, 1.54) is 25.1 Å². The fourth-order valence-corrected chi connectivity index (χ4v) is 7.66. The molecule has 15 N–H and O–H groups in total. The number of hydrogen-bond acceptors (Lipinski definition) is 22.